The molecule has 1 amide bonds. The van der Waals surface area contributed by atoms with Gasteiger partial charge in [0.1, 0.15) is 0 Å². The van der Waals surface area contributed by atoms with Crippen molar-refractivity contribution in [3.63, 3.8) is 0 Å². The van der Waals surface area contributed by atoms with Crippen LogP contribution >= 0.6 is 0 Å². The maximum atomic E-state index is 12.8. The predicted molar refractivity (Wildman–Crippen MR) is 88.9 cm³/mol. The first-order valence-electron chi connectivity index (χ1n) is 8.20. The number of amides is 1. The molecule has 0 aliphatic carbocycles. The lowest BCUT2D eigenvalue weighted by atomic mass is 9.91. The number of rotatable bonds is 4. The summed E-state index contributed by atoms with van der Waals surface area (Å²) in [7, 11) is 0. The number of hydrogen-bond acceptors (Lipinski definition) is 2. The van der Waals surface area contributed by atoms with Gasteiger partial charge in [-0.2, -0.15) is 0 Å². The van der Waals surface area contributed by atoms with Gasteiger partial charge in [-0.25, -0.2) is 0 Å². The van der Waals surface area contributed by atoms with Crippen LogP contribution in [-0.2, 0) is 0 Å². The molecule has 2 unspecified atom stereocenters. The smallest absolute Gasteiger partial charge is 0.254 e. The van der Waals surface area contributed by atoms with Crippen molar-refractivity contribution in [3.8, 4) is 0 Å². The first-order chi connectivity index (χ1) is 10.0. The molecular formula is C18H28N2O. The Bertz CT molecular complexity index is 498. The number of carbonyl (C=O) groups is 1. The zero-order valence-corrected chi connectivity index (χ0v) is 13.8. The summed E-state index contributed by atoms with van der Waals surface area (Å²) in [5.41, 5.74) is 3.01. The number of anilines is 1. The molecule has 1 aliphatic rings. The van der Waals surface area contributed by atoms with Gasteiger partial charge in [-0.05, 0) is 62.8 Å². The topological polar surface area (TPSA) is 32.3 Å². The predicted octanol–water partition coefficient (Wildman–Crippen LogP) is 4.08. The van der Waals surface area contributed by atoms with Gasteiger partial charge in [0.05, 0.1) is 0 Å². The Hall–Kier alpha value is -1.51. The molecule has 1 fully saturated rings. The third kappa shape index (κ3) is 3.58. The van der Waals surface area contributed by atoms with Gasteiger partial charge in [0.15, 0.2) is 0 Å². The Morgan fingerprint density at radius 3 is 2.81 bits per heavy atom. The molecule has 0 saturated carbocycles. The number of piperidine rings is 1. The van der Waals surface area contributed by atoms with E-state index in [1.54, 1.807) is 0 Å². The second-order valence-electron chi connectivity index (χ2n) is 6.32. The number of aryl methyl sites for hydroxylation is 1. The largest absolute Gasteiger partial charge is 0.385 e. The van der Waals surface area contributed by atoms with E-state index in [1.807, 2.05) is 19.1 Å². The number of nitrogens with zero attached hydrogens (tertiary/aromatic N) is 1. The normalized spacial score (nSPS) is 22.2. The van der Waals surface area contributed by atoms with E-state index >= 15 is 0 Å². The minimum Gasteiger partial charge on any atom is -0.385 e. The lowest BCUT2D eigenvalue weighted by molar-refractivity contribution is 0.0550. The van der Waals surface area contributed by atoms with E-state index in [2.05, 4.69) is 37.1 Å². The van der Waals surface area contributed by atoms with Crippen LogP contribution in [0.5, 0.6) is 0 Å². The maximum absolute atomic E-state index is 12.8. The van der Waals surface area contributed by atoms with Crippen molar-refractivity contribution in [2.75, 3.05) is 18.4 Å². The van der Waals surface area contributed by atoms with Gasteiger partial charge in [-0.3, -0.25) is 4.79 Å². The van der Waals surface area contributed by atoms with Crippen LogP contribution < -0.4 is 5.32 Å². The van der Waals surface area contributed by atoms with Gasteiger partial charge in [0.2, 0.25) is 0 Å². The Balaban J connectivity index is 2.15. The lowest BCUT2D eigenvalue weighted by Crippen LogP contribution is -2.46. The monoisotopic (exact) mass is 288 g/mol. The van der Waals surface area contributed by atoms with Gasteiger partial charge in [0.25, 0.3) is 5.91 Å². The zero-order valence-electron chi connectivity index (χ0n) is 13.8. The molecule has 0 spiro atoms. The minimum atomic E-state index is 0.189. The number of likely N-dealkylation sites (tertiary alicyclic amines) is 1. The van der Waals surface area contributed by atoms with Crippen LogP contribution in [0, 0.1) is 12.8 Å². The standard InChI is InChI=1S/C18H28N2O/c1-5-10-19-16-8-9-17(14(3)12-16)18(21)20-11-6-7-13(2)15(20)4/h8-9,12-13,15,19H,5-7,10-11H2,1-4H3. The summed E-state index contributed by atoms with van der Waals surface area (Å²) in [6, 6.07) is 6.42. The van der Waals surface area contributed by atoms with Crippen LogP contribution in [0.2, 0.25) is 0 Å². The Kier molecular flexibility index (Phi) is 5.27. The van der Waals surface area contributed by atoms with E-state index in [0.717, 1.165) is 42.7 Å². The molecule has 3 nitrogen and oxygen atoms in total. The molecule has 2 atom stereocenters. The van der Waals surface area contributed by atoms with Crippen molar-refractivity contribution < 1.29 is 4.79 Å². The fraction of sp³-hybridized carbons (Fsp3) is 0.611. The Morgan fingerprint density at radius 1 is 1.38 bits per heavy atom. The number of nitrogens with one attached hydrogen (secondary N) is 1. The first-order valence-corrected chi connectivity index (χ1v) is 8.20. The molecule has 116 valence electrons. The molecule has 1 aromatic carbocycles. The lowest BCUT2D eigenvalue weighted by Gasteiger charge is -2.38. The van der Waals surface area contributed by atoms with Crippen LogP contribution in [0.1, 0.15) is 56.0 Å². The van der Waals surface area contributed by atoms with E-state index in [-0.39, 0.29) is 5.91 Å². The quantitative estimate of drug-likeness (QED) is 0.905. The molecule has 0 bridgehead atoms. The number of carbonyl (C=O) groups excluding carboxylic acids is 1. The van der Waals surface area contributed by atoms with Gasteiger partial charge in [-0.15, -0.1) is 0 Å². The second-order valence-corrected chi connectivity index (χ2v) is 6.32. The third-order valence-electron chi connectivity index (χ3n) is 4.67. The first kappa shape index (κ1) is 15.9. The molecule has 0 aromatic heterocycles. The molecule has 2 rings (SSSR count). The fourth-order valence-electron chi connectivity index (χ4n) is 3.06. The van der Waals surface area contributed by atoms with Crippen molar-refractivity contribution in [3.05, 3.63) is 29.3 Å². The maximum Gasteiger partial charge on any atom is 0.254 e. The highest BCUT2D eigenvalue weighted by Gasteiger charge is 2.29. The summed E-state index contributed by atoms with van der Waals surface area (Å²) in [5, 5.41) is 3.37. The van der Waals surface area contributed by atoms with Gasteiger partial charge in [0, 0.05) is 30.4 Å². The van der Waals surface area contributed by atoms with Crippen molar-refractivity contribution >= 4 is 11.6 Å². The molecule has 1 N–H and O–H groups in total. The van der Waals surface area contributed by atoms with Crippen LogP contribution in [0.25, 0.3) is 0 Å². The molecule has 1 aromatic rings. The fourth-order valence-corrected chi connectivity index (χ4v) is 3.06. The molecule has 1 heterocycles. The summed E-state index contributed by atoms with van der Waals surface area (Å²) >= 11 is 0. The molecule has 1 saturated heterocycles. The summed E-state index contributed by atoms with van der Waals surface area (Å²) < 4.78 is 0. The van der Waals surface area contributed by atoms with E-state index in [1.165, 1.54) is 6.42 Å². The van der Waals surface area contributed by atoms with Gasteiger partial charge >= 0.3 is 0 Å². The Morgan fingerprint density at radius 2 is 2.14 bits per heavy atom. The number of benzene rings is 1. The Labute approximate surface area is 128 Å². The van der Waals surface area contributed by atoms with Crippen LogP contribution in [0.4, 0.5) is 5.69 Å². The van der Waals surface area contributed by atoms with Crippen LogP contribution in [0.15, 0.2) is 18.2 Å². The van der Waals surface area contributed by atoms with E-state index in [0.29, 0.717) is 12.0 Å². The van der Waals surface area contributed by atoms with E-state index in [9.17, 15) is 4.79 Å². The molecule has 3 heteroatoms. The second kappa shape index (κ2) is 6.97. The van der Waals surface area contributed by atoms with Gasteiger partial charge < -0.3 is 10.2 Å². The van der Waals surface area contributed by atoms with Gasteiger partial charge in [-0.1, -0.05) is 13.8 Å². The SMILES string of the molecule is CCCNc1ccc(C(=O)N2CCCC(C)C2C)c(C)c1. The minimum absolute atomic E-state index is 0.189. The van der Waals surface area contributed by atoms with E-state index < -0.39 is 0 Å². The van der Waals surface area contributed by atoms with Crippen molar-refractivity contribution in [2.45, 2.75) is 53.0 Å². The number of hydrogen-bond donors (Lipinski definition) is 1. The molecular weight excluding hydrogens is 260 g/mol. The average Bonchev–Trinajstić information content (AvgIpc) is 2.47. The summed E-state index contributed by atoms with van der Waals surface area (Å²) in [6.45, 7) is 10.5. The summed E-state index contributed by atoms with van der Waals surface area (Å²) in [4.78, 5) is 14.9. The summed E-state index contributed by atoms with van der Waals surface area (Å²) in [6.07, 6.45) is 3.44. The third-order valence-corrected chi connectivity index (χ3v) is 4.67. The zero-order chi connectivity index (χ0) is 15.4. The van der Waals surface area contributed by atoms with E-state index in [4.69, 9.17) is 0 Å². The highest BCUT2D eigenvalue weighted by Crippen LogP contribution is 2.26. The molecule has 1 aliphatic heterocycles. The highest BCUT2D eigenvalue weighted by atomic mass is 16.2. The van der Waals surface area contributed by atoms with Crippen molar-refractivity contribution in [1.82, 2.24) is 4.90 Å². The molecule has 21 heavy (non-hydrogen) atoms. The highest BCUT2D eigenvalue weighted by molar-refractivity contribution is 5.96. The van der Waals surface area contributed by atoms with Crippen LogP contribution in [0.3, 0.4) is 0 Å². The summed E-state index contributed by atoms with van der Waals surface area (Å²) in [5.74, 6) is 0.780. The average molecular weight is 288 g/mol. The van der Waals surface area contributed by atoms with Crippen molar-refractivity contribution in [1.29, 1.82) is 0 Å². The van der Waals surface area contributed by atoms with Crippen molar-refractivity contribution in [2.24, 2.45) is 5.92 Å². The van der Waals surface area contributed by atoms with Crippen LogP contribution in [-0.4, -0.2) is 29.9 Å². The molecule has 0 radical (unpaired) electrons.